The second-order valence-corrected chi connectivity index (χ2v) is 3.01. The maximum atomic E-state index is 12.6. The first kappa shape index (κ1) is 12.3. The lowest BCUT2D eigenvalue weighted by Gasteiger charge is -1.98. The molecule has 0 bridgehead atoms. The molecular weight excluding hydrogens is 209 g/mol. The third kappa shape index (κ3) is 3.74. The predicted octanol–water partition coefficient (Wildman–Crippen LogP) is 0.174. The van der Waals surface area contributed by atoms with E-state index in [0.717, 1.165) is 12.7 Å². The molecular formula is C10H14FN5. The molecule has 1 aromatic heterocycles. The summed E-state index contributed by atoms with van der Waals surface area (Å²) in [5, 5.41) is 6.50. The van der Waals surface area contributed by atoms with Crippen molar-refractivity contribution in [3.8, 4) is 0 Å². The molecule has 0 unspecified atom stereocenters. The molecule has 0 aliphatic heterocycles. The lowest BCUT2D eigenvalue weighted by molar-refractivity contribution is 0.621. The highest BCUT2D eigenvalue weighted by molar-refractivity contribution is 6.37. The van der Waals surface area contributed by atoms with Crippen molar-refractivity contribution in [1.82, 2.24) is 10.3 Å². The first-order valence-corrected chi connectivity index (χ1v) is 4.82. The standard InChI is InChI=1S/C10H14FN5/c1-13-4-5-14-7-10(16-12)9-3-2-8(11)6-15-9/h2-3,6-7,13H,4-5,12H2,1H3/b14-7?,16-10+. The molecule has 5 nitrogen and oxygen atoms in total. The second kappa shape index (κ2) is 6.62. The van der Waals surface area contributed by atoms with Gasteiger partial charge in [0.2, 0.25) is 0 Å². The summed E-state index contributed by atoms with van der Waals surface area (Å²) in [5.74, 6) is 4.81. The molecule has 1 heterocycles. The van der Waals surface area contributed by atoms with Crippen LogP contribution in [0.15, 0.2) is 28.4 Å². The predicted molar refractivity (Wildman–Crippen MR) is 62.2 cm³/mol. The van der Waals surface area contributed by atoms with E-state index in [0.29, 0.717) is 18.0 Å². The van der Waals surface area contributed by atoms with Gasteiger partial charge in [0.25, 0.3) is 0 Å². The Morgan fingerprint density at radius 2 is 2.44 bits per heavy atom. The van der Waals surface area contributed by atoms with Gasteiger partial charge in [-0.1, -0.05) is 0 Å². The quantitative estimate of drug-likeness (QED) is 0.323. The Labute approximate surface area is 93.3 Å². The summed E-state index contributed by atoms with van der Waals surface area (Å²) in [6.07, 6.45) is 2.64. The molecule has 0 fully saturated rings. The van der Waals surface area contributed by atoms with Gasteiger partial charge in [-0.25, -0.2) is 4.39 Å². The van der Waals surface area contributed by atoms with Crippen LogP contribution in [-0.2, 0) is 0 Å². The summed E-state index contributed by atoms with van der Waals surface area (Å²) in [4.78, 5) is 7.95. The van der Waals surface area contributed by atoms with Crippen molar-refractivity contribution in [2.24, 2.45) is 15.9 Å². The normalized spacial score (nSPS) is 12.2. The molecule has 0 radical (unpaired) electrons. The average Bonchev–Trinajstić information content (AvgIpc) is 2.31. The Morgan fingerprint density at radius 3 is 3.00 bits per heavy atom. The molecule has 16 heavy (non-hydrogen) atoms. The second-order valence-electron chi connectivity index (χ2n) is 3.01. The van der Waals surface area contributed by atoms with Gasteiger partial charge in [-0.3, -0.25) is 9.98 Å². The van der Waals surface area contributed by atoms with Gasteiger partial charge in [0, 0.05) is 6.54 Å². The molecule has 1 aromatic rings. The number of halogens is 1. The van der Waals surface area contributed by atoms with Gasteiger partial charge >= 0.3 is 0 Å². The highest BCUT2D eigenvalue weighted by Gasteiger charge is 2.01. The number of aliphatic imine (C=N–C) groups is 1. The van der Waals surface area contributed by atoms with E-state index in [-0.39, 0.29) is 0 Å². The van der Waals surface area contributed by atoms with E-state index in [1.807, 2.05) is 7.05 Å². The summed E-state index contributed by atoms with van der Waals surface area (Å²) in [6.45, 7) is 1.39. The number of pyridine rings is 1. The number of likely N-dealkylation sites (N-methyl/N-ethyl adjacent to an activating group) is 1. The summed E-state index contributed by atoms with van der Waals surface area (Å²) < 4.78 is 12.6. The van der Waals surface area contributed by atoms with Gasteiger partial charge in [0.15, 0.2) is 0 Å². The lowest BCUT2D eigenvalue weighted by Crippen LogP contribution is -2.13. The fraction of sp³-hybridized carbons (Fsp3) is 0.300. The number of hydrogen-bond donors (Lipinski definition) is 2. The number of nitrogens with two attached hydrogens (primary N) is 1. The van der Waals surface area contributed by atoms with Crippen LogP contribution in [-0.4, -0.2) is 37.0 Å². The molecule has 0 amide bonds. The maximum Gasteiger partial charge on any atom is 0.141 e. The van der Waals surface area contributed by atoms with E-state index >= 15 is 0 Å². The Bertz CT molecular complexity index is 371. The fourth-order valence-corrected chi connectivity index (χ4v) is 1.02. The first-order valence-electron chi connectivity index (χ1n) is 4.82. The highest BCUT2D eigenvalue weighted by atomic mass is 19.1. The number of aromatic nitrogens is 1. The number of nitrogens with one attached hydrogen (secondary N) is 1. The van der Waals surface area contributed by atoms with Gasteiger partial charge in [-0.2, -0.15) is 5.10 Å². The zero-order valence-electron chi connectivity index (χ0n) is 9.02. The summed E-state index contributed by atoms with van der Waals surface area (Å²) in [7, 11) is 1.84. The van der Waals surface area contributed by atoms with Crippen molar-refractivity contribution in [2.75, 3.05) is 20.1 Å². The van der Waals surface area contributed by atoms with E-state index in [1.54, 1.807) is 0 Å². The van der Waals surface area contributed by atoms with Crippen LogP contribution in [0.5, 0.6) is 0 Å². The Morgan fingerprint density at radius 1 is 1.62 bits per heavy atom. The number of hydrogen-bond acceptors (Lipinski definition) is 5. The van der Waals surface area contributed by atoms with Crippen LogP contribution in [0.4, 0.5) is 4.39 Å². The molecule has 0 saturated heterocycles. The molecule has 0 atom stereocenters. The number of rotatable bonds is 5. The van der Waals surface area contributed by atoms with Crippen molar-refractivity contribution in [2.45, 2.75) is 0 Å². The van der Waals surface area contributed by atoms with E-state index in [1.165, 1.54) is 18.3 Å². The van der Waals surface area contributed by atoms with E-state index in [4.69, 9.17) is 5.84 Å². The van der Waals surface area contributed by atoms with E-state index in [9.17, 15) is 4.39 Å². The van der Waals surface area contributed by atoms with Crippen molar-refractivity contribution >= 4 is 11.9 Å². The Hall–Kier alpha value is -1.82. The molecule has 0 spiro atoms. The summed E-state index contributed by atoms with van der Waals surface area (Å²) >= 11 is 0. The van der Waals surface area contributed by atoms with Crippen molar-refractivity contribution in [1.29, 1.82) is 0 Å². The minimum atomic E-state index is -0.396. The van der Waals surface area contributed by atoms with Gasteiger partial charge in [0.1, 0.15) is 11.5 Å². The molecule has 3 N–H and O–H groups in total. The summed E-state index contributed by atoms with van der Waals surface area (Å²) in [5.41, 5.74) is 0.924. The number of hydrazone groups is 1. The zero-order valence-corrected chi connectivity index (χ0v) is 9.02. The summed E-state index contributed by atoms with van der Waals surface area (Å²) in [6, 6.07) is 2.81. The van der Waals surface area contributed by atoms with Crippen LogP contribution >= 0.6 is 0 Å². The monoisotopic (exact) mass is 223 g/mol. The molecule has 0 saturated carbocycles. The van der Waals surface area contributed by atoms with Gasteiger partial charge in [-0.05, 0) is 19.2 Å². The topological polar surface area (TPSA) is 75.7 Å². The first-order chi connectivity index (χ1) is 7.77. The number of nitrogens with zero attached hydrogens (tertiary/aromatic N) is 3. The molecule has 0 aliphatic rings. The Balaban J connectivity index is 2.68. The fourth-order valence-electron chi connectivity index (χ4n) is 1.02. The molecule has 0 aromatic carbocycles. The largest absolute Gasteiger partial charge is 0.323 e. The van der Waals surface area contributed by atoms with Gasteiger partial charge < -0.3 is 11.2 Å². The van der Waals surface area contributed by atoms with Crippen LogP contribution in [0.1, 0.15) is 5.69 Å². The average molecular weight is 223 g/mol. The zero-order chi connectivity index (χ0) is 11.8. The molecule has 6 heteroatoms. The maximum absolute atomic E-state index is 12.6. The third-order valence-electron chi connectivity index (χ3n) is 1.83. The lowest BCUT2D eigenvalue weighted by atomic mass is 10.2. The van der Waals surface area contributed by atoms with Gasteiger partial charge in [-0.15, -0.1) is 0 Å². The van der Waals surface area contributed by atoms with E-state index in [2.05, 4.69) is 20.4 Å². The van der Waals surface area contributed by atoms with Crippen LogP contribution < -0.4 is 11.2 Å². The molecule has 1 rings (SSSR count). The highest BCUT2D eigenvalue weighted by Crippen LogP contribution is 1.98. The van der Waals surface area contributed by atoms with Crippen LogP contribution in [0.2, 0.25) is 0 Å². The smallest absolute Gasteiger partial charge is 0.141 e. The SMILES string of the molecule is CNCCN=C/C(=N\N)c1ccc(F)cn1. The van der Waals surface area contributed by atoms with Crippen LogP contribution in [0.25, 0.3) is 0 Å². The third-order valence-corrected chi connectivity index (χ3v) is 1.83. The minimum Gasteiger partial charge on any atom is -0.323 e. The minimum absolute atomic E-state index is 0.396. The van der Waals surface area contributed by atoms with Crippen molar-refractivity contribution in [3.63, 3.8) is 0 Å². The van der Waals surface area contributed by atoms with Crippen molar-refractivity contribution < 1.29 is 4.39 Å². The molecule has 0 aliphatic carbocycles. The van der Waals surface area contributed by atoms with E-state index < -0.39 is 5.82 Å². The van der Waals surface area contributed by atoms with Gasteiger partial charge in [0.05, 0.1) is 24.7 Å². The Kier molecular flexibility index (Phi) is 5.07. The van der Waals surface area contributed by atoms with Crippen LogP contribution in [0.3, 0.4) is 0 Å². The van der Waals surface area contributed by atoms with Crippen LogP contribution in [0, 0.1) is 5.82 Å². The van der Waals surface area contributed by atoms with Crippen molar-refractivity contribution in [3.05, 3.63) is 29.8 Å². The molecule has 86 valence electrons.